The van der Waals surface area contributed by atoms with E-state index < -0.39 is 12.0 Å². The molecule has 0 unspecified atom stereocenters. The van der Waals surface area contributed by atoms with Gasteiger partial charge in [-0.05, 0) is 12.8 Å². The number of halogens is 2. The standard InChI is InChI=1S/C19H24F2N4O3/c20-18(21)14-11-17(27)24(6-5-16(26)23-7-9-28-10-8-23)19-15(14)12-25(22-19)13-3-1-2-4-13/h11-13,18H,1-10H2. The van der Waals surface area contributed by atoms with Gasteiger partial charge >= 0.3 is 0 Å². The summed E-state index contributed by atoms with van der Waals surface area (Å²) in [7, 11) is 0. The molecule has 2 aromatic heterocycles. The summed E-state index contributed by atoms with van der Waals surface area (Å²) in [5.74, 6) is -0.0727. The number of nitrogens with zero attached hydrogens (tertiary/aromatic N) is 4. The summed E-state index contributed by atoms with van der Waals surface area (Å²) in [5, 5.41) is 4.78. The molecule has 2 aromatic rings. The number of carbonyl (C=O) groups excluding carboxylic acids is 1. The lowest BCUT2D eigenvalue weighted by molar-refractivity contribution is -0.135. The predicted molar refractivity (Wildman–Crippen MR) is 98.5 cm³/mol. The zero-order valence-corrected chi connectivity index (χ0v) is 15.6. The fraction of sp³-hybridized carbons (Fsp3) is 0.632. The molecule has 2 fully saturated rings. The summed E-state index contributed by atoms with van der Waals surface area (Å²) >= 11 is 0. The molecular weight excluding hydrogens is 370 g/mol. The van der Waals surface area contributed by atoms with Crippen LogP contribution in [0.25, 0.3) is 11.0 Å². The summed E-state index contributed by atoms with van der Waals surface area (Å²) in [6, 6.07) is 1.16. The van der Waals surface area contributed by atoms with Crippen molar-refractivity contribution in [2.24, 2.45) is 0 Å². The van der Waals surface area contributed by atoms with Gasteiger partial charge in [-0.25, -0.2) is 8.78 Å². The van der Waals surface area contributed by atoms with Crippen LogP contribution in [0, 0.1) is 0 Å². The second-order valence-electron chi connectivity index (χ2n) is 7.42. The Labute approximate surface area is 160 Å². The minimum atomic E-state index is -2.75. The molecule has 1 saturated carbocycles. The zero-order valence-electron chi connectivity index (χ0n) is 15.6. The number of aryl methyl sites for hydroxylation is 1. The Kier molecular flexibility index (Phi) is 5.43. The Bertz CT molecular complexity index is 912. The lowest BCUT2D eigenvalue weighted by atomic mass is 10.2. The topological polar surface area (TPSA) is 69.4 Å². The molecule has 7 nitrogen and oxygen atoms in total. The zero-order chi connectivity index (χ0) is 19.7. The van der Waals surface area contributed by atoms with Gasteiger partial charge in [0.25, 0.3) is 12.0 Å². The average Bonchev–Trinajstić information content (AvgIpc) is 3.36. The maximum absolute atomic E-state index is 13.5. The second-order valence-corrected chi connectivity index (χ2v) is 7.42. The highest BCUT2D eigenvalue weighted by Crippen LogP contribution is 2.32. The summed E-state index contributed by atoms with van der Waals surface area (Å²) in [6.45, 7) is 2.19. The molecule has 9 heteroatoms. The lowest BCUT2D eigenvalue weighted by Crippen LogP contribution is -2.41. The first-order valence-corrected chi connectivity index (χ1v) is 9.81. The van der Waals surface area contributed by atoms with Gasteiger partial charge in [-0.1, -0.05) is 12.8 Å². The number of fused-ring (bicyclic) bond motifs is 1. The Morgan fingerprint density at radius 3 is 2.64 bits per heavy atom. The van der Waals surface area contributed by atoms with E-state index in [1.54, 1.807) is 15.8 Å². The minimum absolute atomic E-state index is 0.0727. The first-order chi connectivity index (χ1) is 13.5. The van der Waals surface area contributed by atoms with Crippen LogP contribution >= 0.6 is 0 Å². The number of pyridine rings is 1. The normalized spacial score (nSPS) is 18.5. The van der Waals surface area contributed by atoms with Crippen LogP contribution in [0.4, 0.5) is 8.78 Å². The van der Waals surface area contributed by atoms with Crippen LogP contribution in [0.5, 0.6) is 0 Å². The van der Waals surface area contributed by atoms with Gasteiger partial charge in [0, 0.05) is 49.3 Å². The number of morpholine rings is 1. The Morgan fingerprint density at radius 1 is 1.25 bits per heavy atom. The molecule has 0 bridgehead atoms. The monoisotopic (exact) mass is 394 g/mol. The number of hydrogen-bond acceptors (Lipinski definition) is 4. The van der Waals surface area contributed by atoms with Crippen molar-refractivity contribution >= 4 is 16.9 Å². The van der Waals surface area contributed by atoms with Crippen molar-refractivity contribution in [2.75, 3.05) is 26.3 Å². The largest absolute Gasteiger partial charge is 0.378 e. The third-order valence-electron chi connectivity index (χ3n) is 5.67. The molecule has 2 aliphatic rings. The molecular formula is C19H24F2N4O3. The molecule has 0 radical (unpaired) electrons. The van der Waals surface area contributed by atoms with E-state index in [0.717, 1.165) is 31.7 Å². The van der Waals surface area contributed by atoms with Crippen LogP contribution in [0.2, 0.25) is 0 Å². The Hall–Kier alpha value is -2.29. The molecule has 0 atom stereocenters. The smallest absolute Gasteiger partial charge is 0.264 e. The van der Waals surface area contributed by atoms with Gasteiger partial charge in [-0.3, -0.25) is 18.8 Å². The fourth-order valence-electron chi connectivity index (χ4n) is 4.11. The number of carbonyl (C=O) groups is 1. The summed E-state index contributed by atoms with van der Waals surface area (Å²) in [4.78, 5) is 26.6. The second kappa shape index (κ2) is 7.98. The van der Waals surface area contributed by atoms with Crippen molar-refractivity contribution in [2.45, 2.75) is 51.1 Å². The maximum atomic E-state index is 13.5. The van der Waals surface area contributed by atoms with Gasteiger partial charge in [0.05, 0.1) is 19.3 Å². The van der Waals surface area contributed by atoms with E-state index in [2.05, 4.69) is 5.10 Å². The van der Waals surface area contributed by atoms with Gasteiger partial charge in [-0.15, -0.1) is 0 Å². The SMILES string of the molecule is O=C(CCn1c(=O)cc(C(F)F)c2cn(C3CCCC3)nc21)N1CCOCC1. The molecule has 1 aliphatic heterocycles. The molecule has 0 spiro atoms. The fourth-order valence-corrected chi connectivity index (χ4v) is 4.11. The van der Waals surface area contributed by atoms with Crippen molar-refractivity contribution in [3.63, 3.8) is 0 Å². The summed E-state index contributed by atoms with van der Waals surface area (Å²) in [6.07, 6.45) is 3.09. The number of hydrogen-bond donors (Lipinski definition) is 0. The first kappa shape index (κ1) is 19.0. The van der Waals surface area contributed by atoms with Gasteiger partial charge in [-0.2, -0.15) is 5.10 Å². The van der Waals surface area contributed by atoms with Crippen LogP contribution in [-0.2, 0) is 16.1 Å². The molecule has 4 rings (SSSR count). The summed E-state index contributed by atoms with van der Waals surface area (Å²) < 4.78 is 35.3. The van der Waals surface area contributed by atoms with Crippen molar-refractivity contribution in [1.29, 1.82) is 0 Å². The maximum Gasteiger partial charge on any atom is 0.264 e. The van der Waals surface area contributed by atoms with Crippen LogP contribution in [0.3, 0.4) is 0 Å². The predicted octanol–water partition coefficient (Wildman–Crippen LogP) is 2.50. The third kappa shape index (κ3) is 3.67. The van der Waals surface area contributed by atoms with Crippen molar-refractivity contribution in [3.05, 3.63) is 28.2 Å². The van der Waals surface area contributed by atoms with Crippen LogP contribution in [-0.4, -0.2) is 51.5 Å². The molecule has 0 aromatic carbocycles. The number of aromatic nitrogens is 3. The molecule has 1 saturated heterocycles. The number of alkyl halides is 2. The molecule has 28 heavy (non-hydrogen) atoms. The van der Waals surface area contributed by atoms with Gasteiger partial charge < -0.3 is 9.64 Å². The van der Waals surface area contributed by atoms with Crippen LogP contribution in [0.1, 0.15) is 50.1 Å². The van der Waals surface area contributed by atoms with E-state index in [-0.39, 0.29) is 36.1 Å². The van der Waals surface area contributed by atoms with Crippen molar-refractivity contribution in [1.82, 2.24) is 19.2 Å². The molecule has 3 heterocycles. The van der Waals surface area contributed by atoms with E-state index >= 15 is 0 Å². The molecule has 1 aliphatic carbocycles. The summed E-state index contributed by atoms with van der Waals surface area (Å²) in [5.41, 5.74) is -0.598. The minimum Gasteiger partial charge on any atom is -0.378 e. The molecule has 152 valence electrons. The van der Waals surface area contributed by atoms with Gasteiger partial charge in [0.2, 0.25) is 5.91 Å². The van der Waals surface area contributed by atoms with E-state index in [1.807, 2.05) is 0 Å². The Morgan fingerprint density at radius 2 is 1.96 bits per heavy atom. The number of ether oxygens (including phenoxy) is 1. The van der Waals surface area contributed by atoms with Gasteiger partial charge in [0.1, 0.15) is 0 Å². The lowest BCUT2D eigenvalue weighted by Gasteiger charge is -2.27. The van der Waals surface area contributed by atoms with Crippen molar-refractivity contribution < 1.29 is 18.3 Å². The average molecular weight is 394 g/mol. The molecule has 0 N–H and O–H groups in total. The van der Waals surface area contributed by atoms with E-state index in [1.165, 1.54) is 4.57 Å². The first-order valence-electron chi connectivity index (χ1n) is 9.81. The quantitative estimate of drug-likeness (QED) is 0.781. The van der Waals surface area contributed by atoms with E-state index in [9.17, 15) is 18.4 Å². The molecule has 1 amide bonds. The Balaban J connectivity index is 1.64. The highest BCUT2D eigenvalue weighted by Gasteiger charge is 2.24. The van der Waals surface area contributed by atoms with E-state index in [0.29, 0.717) is 31.7 Å². The van der Waals surface area contributed by atoms with Crippen LogP contribution < -0.4 is 5.56 Å². The van der Waals surface area contributed by atoms with Crippen LogP contribution in [0.15, 0.2) is 17.1 Å². The number of rotatable bonds is 5. The van der Waals surface area contributed by atoms with Gasteiger partial charge in [0.15, 0.2) is 5.65 Å². The highest BCUT2D eigenvalue weighted by molar-refractivity contribution is 5.80. The number of amides is 1. The van der Waals surface area contributed by atoms with E-state index in [4.69, 9.17) is 4.74 Å². The third-order valence-corrected chi connectivity index (χ3v) is 5.67. The van der Waals surface area contributed by atoms with Crippen molar-refractivity contribution in [3.8, 4) is 0 Å². The highest BCUT2D eigenvalue weighted by atomic mass is 19.3.